The van der Waals surface area contributed by atoms with E-state index in [0.717, 1.165) is 18.5 Å². The third kappa shape index (κ3) is 2.34. The van der Waals surface area contributed by atoms with Crippen LogP contribution >= 0.6 is 6.83 Å². The first-order valence-corrected chi connectivity index (χ1v) is 7.49. The predicted molar refractivity (Wildman–Crippen MR) is 53.6 cm³/mol. The van der Waals surface area contributed by atoms with E-state index in [0.29, 0.717) is 0 Å². The fraction of sp³-hybridized carbons (Fsp3) is 0.875. The molecule has 74 valence electrons. The Labute approximate surface area is 74.1 Å². The molecule has 0 saturated heterocycles. The van der Waals surface area contributed by atoms with Crippen molar-refractivity contribution in [1.82, 2.24) is 0 Å². The molecule has 0 heterocycles. The predicted octanol–water partition coefficient (Wildman–Crippen LogP) is 2.84. The minimum absolute atomic E-state index is 0.838. The average molecular weight is 194 g/mol. The summed E-state index contributed by atoms with van der Waals surface area (Å²) in [6.45, 7) is 5.68. The summed E-state index contributed by atoms with van der Waals surface area (Å²) in [4.78, 5) is 10.5. The van der Waals surface area contributed by atoms with Crippen LogP contribution in [0.5, 0.6) is 0 Å². The van der Waals surface area contributed by atoms with E-state index in [1.54, 1.807) is 0 Å². The zero-order chi connectivity index (χ0) is 9.85. The van der Waals surface area contributed by atoms with Gasteiger partial charge in [0.05, 0.1) is 0 Å². The summed E-state index contributed by atoms with van der Waals surface area (Å²) in [7, 11) is 0. The first-order valence-electron chi connectivity index (χ1n) is 4.33. The van der Waals surface area contributed by atoms with Crippen LogP contribution in [0.3, 0.4) is 0 Å². The molecule has 0 rings (SSSR count). The molecule has 0 aliphatic rings. The van der Waals surface area contributed by atoms with E-state index in [2.05, 4.69) is 0 Å². The number of hydrogen-bond donors (Lipinski definition) is 1. The maximum absolute atomic E-state index is 10.5. The van der Waals surface area contributed by atoms with Crippen LogP contribution in [0.25, 0.3) is 0 Å². The summed E-state index contributed by atoms with van der Waals surface area (Å²) in [6, 6.07) is 0. The number of hydrogen-bond acceptors (Lipinski definition) is 2. The molecule has 3 nitrogen and oxygen atoms in total. The monoisotopic (exact) mass is 194 g/mol. The third-order valence-electron chi connectivity index (χ3n) is 3.04. The van der Waals surface area contributed by atoms with E-state index in [-0.39, 0.29) is 0 Å². The minimum atomic E-state index is -2.35. The van der Waals surface area contributed by atoms with Gasteiger partial charge in [-0.3, -0.25) is 0 Å². The van der Waals surface area contributed by atoms with Crippen molar-refractivity contribution in [3.05, 3.63) is 0 Å². The topological polar surface area (TPSA) is 46.5 Å². The molecule has 4 heteroatoms. The van der Waals surface area contributed by atoms with E-state index < -0.39 is 13.0 Å². The molecule has 0 saturated carbocycles. The van der Waals surface area contributed by atoms with Gasteiger partial charge in [0.1, 0.15) is 0 Å². The molecule has 0 unspecified atom stereocenters. The van der Waals surface area contributed by atoms with E-state index in [9.17, 15) is 4.79 Å². The fourth-order valence-corrected chi connectivity index (χ4v) is 3.32. The maximum atomic E-state index is 10.5. The summed E-state index contributed by atoms with van der Waals surface area (Å²) in [5.41, 5.74) is 0. The summed E-state index contributed by atoms with van der Waals surface area (Å²) in [5.74, 6) is 0. The van der Waals surface area contributed by atoms with Gasteiger partial charge in [-0.25, -0.2) is 0 Å². The Morgan fingerprint density at radius 2 is 1.58 bits per heavy atom. The van der Waals surface area contributed by atoms with Crippen molar-refractivity contribution in [2.24, 2.45) is 0 Å². The van der Waals surface area contributed by atoms with Crippen LogP contribution in [0.4, 0.5) is 4.79 Å². The van der Waals surface area contributed by atoms with E-state index in [1.165, 1.54) is 0 Å². The van der Waals surface area contributed by atoms with E-state index in [1.807, 2.05) is 27.4 Å². The van der Waals surface area contributed by atoms with Gasteiger partial charge in [-0.1, -0.05) is 0 Å². The van der Waals surface area contributed by atoms with E-state index in [4.69, 9.17) is 9.63 Å². The molecule has 0 radical (unpaired) electrons. The molecule has 0 spiro atoms. The molecule has 0 aromatic heterocycles. The summed E-state index contributed by atoms with van der Waals surface area (Å²) >= 11 is 0. The summed E-state index contributed by atoms with van der Waals surface area (Å²) in [5, 5.41) is 8.62. The van der Waals surface area contributed by atoms with E-state index >= 15 is 0 Å². The van der Waals surface area contributed by atoms with Crippen molar-refractivity contribution in [2.45, 2.75) is 20.8 Å². The molecule has 0 fully saturated rings. The quantitative estimate of drug-likeness (QED) is 0.700. The molecular formula is C8H19O3P. The first kappa shape index (κ1) is 11.7. The molecule has 12 heavy (non-hydrogen) atoms. The zero-order valence-electron chi connectivity index (χ0n) is 8.33. The summed E-state index contributed by atoms with van der Waals surface area (Å²) < 4.78 is 5.12. The SMILES string of the molecule is CCP(C)(CC)(CC)OC(=O)O. The van der Waals surface area contributed by atoms with Gasteiger partial charge in [-0.15, -0.1) is 0 Å². The molecule has 0 aliphatic heterocycles. The van der Waals surface area contributed by atoms with Gasteiger partial charge in [-0.05, 0) is 0 Å². The van der Waals surface area contributed by atoms with Gasteiger partial charge < -0.3 is 0 Å². The number of carboxylic acid groups (broad SMARTS) is 1. The second kappa shape index (κ2) is 3.61. The molecule has 1 N–H and O–H groups in total. The number of rotatable bonds is 4. The van der Waals surface area contributed by atoms with Crippen LogP contribution in [0.1, 0.15) is 20.8 Å². The standard InChI is InChI=1S/C8H19O3P/c1-5-12(4,6-2,7-3)11-8(9)10/h5-7H2,1-4H3,(H,9,10). The Bertz CT molecular complexity index is 164. The molecular weight excluding hydrogens is 175 g/mol. The van der Waals surface area contributed by atoms with Crippen LogP contribution in [0, 0.1) is 0 Å². The Hall–Kier alpha value is -0.300. The van der Waals surface area contributed by atoms with Crippen molar-refractivity contribution in [1.29, 1.82) is 0 Å². The molecule has 0 atom stereocenters. The number of carbonyl (C=O) groups is 1. The first-order chi connectivity index (χ1) is 5.40. The van der Waals surface area contributed by atoms with Gasteiger partial charge in [0.25, 0.3) is 0 Å². The van der Waals surface area contributed by atoms with Crippen LogP contribution in [-0.4, -0.2) is 36.4 Å². The third-order valence-corrected chi connectivity index (χ3v) is 9.12. The van der Waals surface area contributed by atoms with Crippen LogP contribution in [0.15, 0.2) is 0 Å². The molecule has 0 aromatic rings. The van der Waals surface area contributed by atoms with Crippen molar-refractivity contribution in [3.63, 3.8) is 0 Å². The normalized spacial score (nSPS) is 14.8. The molecule has 0 aromatic carbocycles. The van der Waals surface area contributed by atoms with Crippen LogP contribution in [0.2, 0.25) is 0 Å². The van der Waals surface area contributed by atoms with Crippen molar-refractivity contribution < 1.29 is 14.4 Å². The van der Waals surface area contributed by atoms with Gasteiger partial charge in [0.15, 0.2) is 0 Å². The van der Waals surface area contributed by atoms with Crippen molar-refractivity contribution in [2.75, 3.05) is 25.2 Å². The van der Waals surface area contributed by atoms with Gasteiger partial charge in [0, 0.05) is 0 Å². The van der Waals surface area contributed by atoms with Crippen LogP contribution in [-0.2, 0) is 4.52 Å². The fourth-order valence-electron chi connectivity index (χ4n) is 1.11. The second-order valence-corrected chi connectivity index (χ2v) is 9.95. The Kier molecular flexibility index (Phi) is 3.52. The summed E-state index contributed by atoms with van der Waals surface area (Å²) in [6.07, 6.45) is 1.39. The van der Waals surface area contributed by atoms with Crippen molar-refractivity contribution >= 4 is 13.0 Å². The Morgan fingerprint density at radius 3 is 1.67 bits per heavy atom. The Morgan fingerprint density at radius 1 is 1.25 bits per heavy atom. The average Bonchev–Trinajstić information content (AvgIpc) is 2.04. The second-order valence-electron chi connectivity index (χ2n) is 3.50. The van der Waals surface area contributed by atoms with Gasteiger partial charge in [-0.2, -0.15) is 0 Å². The van der Waals surface area contributed by atoms with Gasteiger partial charge in [0.2, 0.25) is 0 Å². The Balaban J connectivity index is 4.69. The molecule has 0 bridgehead atoms. The molecule has 0 aliphatic carbocycles. The van der Waals surface area contributed by atoms with Crippen LogP contribution < -0.4 is 0 Å². The zero-order valence-corrected chi connectivity index (χ0v) is 9.23. The van der Waals surface area contributed by atoms with Gasteiger partial charge >= 0.3 is 73.3 Å². The molecule has 0 amide bonds. The van der Waals surface area contributed by atoms with Crippen molar-refractivity contribution in [3.8, 4) is 0 Å².